The van der Waals surface area contributed by atoms with Crippen LogP contribution in [0.15, 0.2) is 18.2 Å². The molecule has 21 heavy (non-hydrogen) atoms. The summed E-state index contributed by atoms with van der Waals surface area (Å²) in [5, 5.41) is 2.89. The molecule has 4 nitrogen and oxygen atoms in total. The second-order valence-corrected chi connectivity index (χ2v) is 5.96. The molecule has 1 aliphatic heterocycles. The SMILES string of the molecule is Cc1ccc(F)c(C(=O)N[C@@H](C)CN2CCN(C)CC2)c1. The van der Waals surface area contributed by atoms with Gasteiger partial charge in [-0.25, -0.2) is 4.39 Å². The maximum Gasteiger partial charge on any atom is 0.254 e. The van der Waals surface area contributed by atoms with Crippen LogP contribution in [0.1, 0.15) is 22.8 Å². The number of rotatable bonds is 4. The van der Waals surface area contributed by atoms with Crippen LogP contribution in [0.3, 0.4) is 0 Å². The van der Waals surface area contributed by atoms with Crippen molar-refractivity contribution in [3.8, 4) is 0 Å². The van der Waals surface area contributed by atoms with Gasteiger partial charge in [-0.3, -0.25) is 9.69 Å². The molecule has 116 valence electrons. The number of piperazine rings is 1. The fourth-order valence-corrected chi connectivity index (χ4v) is 2.58. The van der Waals surface area contributed by atoms with Crippen LogP contribution in [0.2, 0.25) is 0 Å². The van der Waals surface area contributed by atoms with Gasteiger partial charge in [-0.15, -0.1) is 0 Å². The summed E-state index contributed by atoms with van der Waals surface area (Å²) in [5.41, 5.74) is 1.01. The predicted molar refractivity (Wildman–Crippen MR) is 82.0 cm³/mol. The van der Waals surface area contributed by atoms with Crippen molar-refractivity contribution in [1.82, 2.24) is 15.1 Å². The Labute approximate surface area is 125 Å². The van der Waals surface area contributed by atoms with Crippen molar-refractivity contribution in [2.75, 3.05) is 39.8 Å². The summed E-state index contributed by atoms with van der Waals surface area (Å²) in [7, 11) is 2.11. The minimum absolute atomic E-state index is 0.000758. The van der Waals surface area contributed by atoms with Gasteiger partial charge >= 0.3 is 0 Å². The highest BCUT2D eigenvalue weighted by atomic mass is 19.1. The van der Waals surface area contributed by atoms with Gasteiger partial charge in [-0.1, -0.05) is 11.6 Å². The zero-order chi connectivity index (χ0) is 15.4. The number of benzene rings is 1. The minimum atomic E-state index is -0.468. The van der Waals surface area contributed by atoms with Crippen LogP contribution in [0.4, 0.5) is 4.39 Å². The molecule has 0 aromatic heterocycles. The quantitative estimate of drug-likeness (QED) is 0.914. The highest BCUT2D eigenvalue weighted by Crippen LogP contribution is 2.10. The molecule has 1 amide bonds. The number of carbonyl (C=O) groups excluding carboxylic acids is 1. The van der Waals surface area contributed by atoms with Gasteiger partial charge in [-0.2, -0.15) is 0 Å². The molecule has 1 aromatic carbocycles. The van der Waals surface area contributed by atoms with Crippen LogP contribution >= 0.6 is 0 Å². The Kier molecular flexibility index (Phi) is 5.31. The van der Waals surface area contributed by atoms with Crippen molar-refractivity contribution in [3.05, 3.63) is 35.1 Å². The Morgan fingerprint density at radius 2 is 2.00 bits per heavy atom. The summed E-state index contributed by atoms with van der Waals surface area (Å²) in [4.78, 5) is 16.8. The summed E-state index contributed by atoms with van der Waals surface area (Å²) in [5.74, 6) is -0.803. The van der Waals surface area contributed by atoms with Crippen molar-refractivity contribution in [1.29, 1.82) is 0 Å². The number of carbonyl (C=O) groups is 1. The molecule has 1 saturated heterocycles. The molecule has 1 aromatic rings. The number of nitrogens with zero attached hydrogens (tertiary/aromatic N) is 2. The predicted octanol–water partition coefficient (Wildman–Crippen LogP) is 1.50. The fraction of sp³-hybridized carbons (Fsp3) is 0.562. The number of halogens is 1. The van der Waals surface area contributed by atoms with Gasteiger partial charge in [0.05, 0.1) is 5.56 Å². The molecular weight excluding hydrogens is 269 g/mol. The number of hydrogen-bond acceptors (Lipinski definition) is 3. The smallest absolute Gasteiger partial charge is 0.254 e. The number of aryl methyl sites for hydroxylation is 1. The van der Waals surface area contributed by atoms with Crippen LogP contribution in [-0.2, 0) is 0 Å². The van der Waals surface area contributed by atoms with E-state index in [1.807, 2.05) is 13.8 Å². The average molecular weight is 293 g/mol. The van der Waals surface area contributed by atoms with Crippen LogP contribution < -0.4 is 5.32 Å². The lowest BCUT2D eigenvalue weighted by molar-refractivity contribution is 0.0910. The van der Waals surface area contributed by atoms with Gasteiger partial charge in [0.25, 0.3) is 5.91 Å². The average Bonchev–Trinajstić information content (AvgIpc) is 2.44. The lowest BCUT2D eigenvalue weighted by Crippen LogP contribution is -2.49. The van der Waals surface area contributed by atoms with Gasteiger partial charge in [0.2, 0.25) is 0 Å². The first-order chi connectivity index (χ1) is 9.95. The van der Waals surface area contributed by atoms with E-state index < -0.39 is 5.82 Å². The third kappa shape index (κ3) is 4.51. The van der Waals surface area contributed by atoms with Gasteiger partial charge in [-0.05, 0) is 33.0 Å². The highest BCUT2D eigenvalue weighted by molar-refractivity contribution is 5.94. The third-order valence-corrected chi connectivity index (χ3v) is 3.87. The van der Waals surface area contributed by atoms with Crippen LogP contribution in [0.5, 0.6) is 0 Å². The summed E-state index contributed by atoms with van der Waals surface area (Å²) in [6, 6.07) is 4.60. The summed E-state index contributed by atoms with van der Waals surface area (Å²) < 4.78 is 13.7. The molecule has 0 spiro atoms. The Hall–Kier alpha value is -1.46. The molecule has 5 heteroatoms. The highest BCUT2D eigenvalue weighted by Gasteiger charge is 2.19. The summed E-state index contributed by atoms with van der Waals surface area (Å²) in [6.45, 7) is 8.73. The first kappa shape index (κ1) is 15.9. The van der Waals surface area contributed by atoms with E-state index in [4.69, 9.17) is 0 Å². The van der Waals surface area contributed by atoms with E-state index >= 15 is 0 Å². The molecule has 0 unspecified atom stereocenters. The maximum absolute atomic E-state index is 13.7. The molecular formula is C16H24FN3O. The molecule has 1 heterocycles. The maximum atomic E-state index is 13.7. The second-order valence-electron chi connectivity index (χ2n) is 5.96. The van der Waals surface area contributed by atoms with E-state index in [0.29, 0.717) is 0 Å². The lowest BCUT2D eigenvalue weighted by Gasteiger charge is -2.34. The Morgan fingerprint density at radius 3 is 2.67 bits per heavy atom. The van der Waals surface area contributed by atoms with Crippen molar-refractivity contribution in [3.63, 3.8) is 0 Å². The molecule has 0 radical (unpaired) electrons. The van der Waals surface area contributed by atoms with E-state index in [-0.39, 0.29) is 17.5 Å². The van der Waals surface area contributed by atoms with Crippen LogP contribution in [0, 0.1) is 12.7 Å². The first-order valence-electron chi connectivity index (χ1n) is 7.43. The lowest BCUT2D eigenvalue weighted by atomic mass is 10.1. The molecule has 1 fully saturated rings. The first-order valence-corrected chi connectivity index (χ1v) is 7.43. The van der Waals surface area contributed by atoms with Gasteiger partial charge < -0.3 is 10.2 Å². The van der Waals surface area contributed by atoms with Crippen molar-refractivity contribution in [2.24, 2.45) is 0 Å². The standard InChI is InChI=1S/C16H24FN3O/c1-12-4-5-15(17)14(10-12)16(21)18-13(2)11-20-8-6-19(3)7-9-20/h4-5,10,13H,6-9,11H2,1-3H3,(H,18,21)/t13-/m0/s1. The number of amides is 1. The normalized spacial score (nSPS) is 18.5. The summed E-state index contributed by atoms with van der Waals surface area (Å²) >= 11 is 0. The third-order valence-electron chi connectivity index (χ3n) is 3.87. The van der Waals surface area contributed by atoms with Gasteiger partial charge in [0.1, 0.15) is 5.82 Å². The Balaban J connectivity index is 1.88. The number of nitrogens with one attached hydrogen (secondary N) is 1. The molecule has 0 aliphatic carbocycles. The summed E-state index contributed by atoms with van der Waals surface area (Å²) in [6.07, 6.45) is 0. The van der Waals surface area contributed by atoms with E-state index in [1.165, 1.54) is 6.07 Å². The van der Waals surface area contributed by atoms with Crippen LogP contribution in [-0.4, -0.2) is 61.5 Å². The van der Waals surface area contributed by atoms with Crippen molar-refractivity contribution < 1.29 is 9.18 Å². The van der Waals surface area contributed by atoms with E-state index in [0.717, 1.165) is 38.3 Å². The molecule has 0 bridgehead atoms. The number of likely N-dealkylation sites (N-methyl/N-ethyl adjacent to an activating group) is 1. The van der Waals surface area contributed by atoms with Gasteiger partial charge in [0, 0.05) is 38.8 Å². The molecule has 2 rings (SSSR count). The van der Waals surface area contributed by atoms with Crippen molar-refractivity contribution in [2.45, 2.75) is 19.9 Å². The van der Waals surface area contributed by atoms with Gasteiger partial charge in [0.15, 0.2) is 0 Å². The van der Waals surface area contributed by atoms with Crippen molar-refractivity contribution >= 4 is 5.91 Å². The molecule has 1 atom stereocenters. The number of hydrogen-bond donors (Lipinski definition) is 1. The van der Waals surface area contributed by atoms with E-state index in [2.05, 4.69) is 22.2 Å². The fourth-order valence-electron chi connectivity index (χ4n) is 2.58. The molecule has 0 saturated carbocycles. The molecule has 1 aliphatic rings. The van der Waals surface area contributed by atoms with E-state index in [1.54, 1.807) is 12.1 Å². The molecule has 1 N–H and O–H groups in total. The second kappa shape index (κ2) is 7.00. The topological polar surface area (TPSA) is 35.6 Å². The van der Waals surface area contributed by atoms with E-state index in [9.17, 15) is 9.18 Å². The monoisotopic (exact) mass is 293 g/mol. The zero-order valence-electron chi connectivity index (χ0n) is 13.0. The Bertz CT molecular complexity index is 498. The Morgan fingerprint density at radius 1 is 1.33 bits per heavy atom. The zero-order valence-corrected chi connectivity index (χ0v) is 13.0. The minimum Gasteiger partial charge on any atom is -0.348 e. The largest absolute Gasteiger partial charge is 0.348 e. The van der Waals surface area contributed by atoms with Crippen LogP contribution in [0.25, 0.3) is 0 Å².